The van der Waals surface area contributed by atoms with E-state index in [1.54, 1.807) is 6.26 Å². The van der Waals surface area contributed by atoms with E-state index in [2.05, 4.69) is 17.4 Å². The highest BCUT2D eigenvalue weighted by atomic mass is 16.5. The standard InChI is InChI=1S/C17H19NO3/c1-3-14(13-7-10-21-15(13)4-1)18-12-5-6-16-17(11-12)20-9-2-8-19-16/h5-7,10-11,14,18H,1-4,8-9H2. The number of rotatable bonds is 2. The number of ether oxygens (including phenoxy) is 2. The van der Waals surface area contributed by atoms with Gasteiger partial charge >= 0.3 is 0 Å². The van der Waals surface area contributed by atoms with Crippen LogP contribution in [0.15, 0.2) is 34.9 Å². The Morgan fingerprint density at radius 1 is 1.00 bits per heavy atom. The Morgan fingerprint density at radius 3 is 2.86 bits per heavy atom. The molecule has 0 amide bonds. The highest BCUT2D eigenvalue weighted by molar-refractivity contribution is 5.56. The third-order valence-corrected chi connectivity index (χ3v) is 4.14. The van der Waals surface area contributed by atoms with Crippen LogP contribution in [0.4, 0.5) is 5.69 Å². The van der Waals surface area contributed by atoms with E-state index in [-0.39, 0.29) is 0 Å². The van der Waals surface area contributed by atoms with Gasteiger partial charge in [0.25, 0.3) is 0 Å². The number of furan rings is 1. The number of benzene rings is 1. The summed E-state index contributed by atoms with van der Waals surface area (Å²) < 4.78 is 17.0. The van der Waals surface area contributed by atoms with Gasteiger partial charge in [-0.25, -0.2) is 0 Å². The van der Waals surface area contributed by atoms with Crippen LogP contribution < -0.4 is 14.8 Å². The first-order valence-corrected chi connectivity index (χ1v) is 7.62. The fourth-order valence-corrected chi connectivity index (χ4v) is 3.09. The summed E-state index contributed by atoms with van der Waals surface area (Å²) in [6.07, 6.45) is 6.04. The summed E-state index contributed by atoms with van der Waals surface area (Å²) in [6.45, 7) is 1.44. The minimum Gasteiger partial charge on any atom is -0.490 e. The molecule has 2 heterocycles. The molecule has 1 aliphatic heterocycles. The quantitative estimate of drug-likeness (QED) is 0.908. The van der Waals surface area contributed by atoms with Crippen LogP contribution in [0, 0.1) is 0 Å². The van der Waals surface area contributed by atoms with Crippen LogP contribution in [-0.4, -0.2) is 13.2 Å². The Labute approximate surface area is 124 Å². The molecule has 0 saturated heterocycles. The topological polar surface area (TPSA) is 43.6 Å². The van der Waals surface area contributed by atoms with Crippen molar-refractivity contribution in [3.63, 3.8) is 0 Å². The van der Waals surface area contributed by atoms with Gasteiger partial charge in [0.2, 0.25) is 0 Å². The minimum absolute atomic E-state index is 0.317. The zero-order valence-corrected chi connectivity index (χ0v) is 11.9. The average Bonchev–Trinajstić information content (AvgIpc) is 2.87. The van der Waals surface area contributed by atoms with Gasteiger partial charge in [-0.2, -0.15) is 0 Å². The highest BCUT2D eigenvalue weighted by Gasteiger charge is 2.22. The molecule has 2 aromatic rings. The maximum Gasteiger partial charge on any atom is 0.163 e. The molecule has 21 heavy (non-hydrogen) atoms. The van der Waals surface area contributed by atoms with Crippen LogP contribution in [0.25, 0.3) is 0 Å². The molecule has 0 saturated carbocycles. The van der Waals surface area contributed by atoms with Crippen molar-refractivity contribution < 1.29 is 13.9 Å². The third kappa shape index (κ3) is 2.46. The van der Waals surface area contributed by atoms with Gasteiger partial charge < -0.3 is 19.2 Å². The number of hydrogen-bond acceptors (Lipinski definition) is 4. The summed E-state index contributed by atoms with van der Waals surface area (Å²) in [5, 5.41) is 3.60. The van der Waals surface area contributed by atoms with Gasteiger partial charge in [0, 0.05) is 30.2 Å². The Balaban J connectivity index is 1.57. The van der Waals surface area contributed by atoms with Crippen LogP contribution in [-0.2, 0) is 6.42 Å². The zero-order valence-electron chi connectivity index (χ0n) is 11.9. The van der Waals surface area contributed by atoms with Crippen LogP contribution >= 0.6 is 0 Å². The summed E-state index contributed by atoms with van der Waals surface area (Å²) in [5.41, 5.74) is 2.35. The lowest BCUT2D eigenvalue weighted by atomic mass is 9.93. The van der Waals surface area contributed by atoms with Crippen LogP contribution in [0.5, 0.6) is 11.5 Å². The molecule has 4 heteroatoms. The molecular weight excluding hydrogens is 266 g/mol. The molecule has 0 spiro atoms. The summed E-state index contributed by atoms with van der Waals surface area (Å²) in [6, 6.07) is 8.48. The van der Waals surface area contributed by atoms with E-state index in [9.17, 15) is 0 Å². The molecule has 0 bridgehead atoms. The van der Waals surface area contributed by atoms with Gasteiger partial charge in [-0.3, -0.25) is 0 Å². The number of fused-ring (bicyclic) bond motifs is 2. The van der Waals surface area contributed by atoms with E-state index in [1.165, 1.54) is 5.56 Å². The summed E-state index contributed by atoms with van der Waals surface area (Å²) >= 11 is 0. The molecular formula is C17H19NO3. The second-order valence-corrected chi connectivity index (χ2v) is 5.60. The molecule has 0 fully saturated rings. The van der Waals surface area contributed by atoms with Crippen molar-refractivity contribution >= 4 is 5.69 Å². The van der Waals surface area contributed by atoms with Crippen molar-refractivity contribution in [1.29, 1.82) is 0 Å². The van der Waals surface area contributed by atoms with E-state index in [1.807, 2.05) is 12.1 Å². The van der Waals surface area contributed by atoms with Crippen molar-refractivity contribution in [1.82, 2.24) is 0 Å². The predicted molar refractivity (Wildman–Crippen MR) is 80.1 cm³/mol. The van der Waals surface area contributed by atoms with E-state index in [0.29, 0.717) is 12.6 Å². The fraction of sp³-hybridized carbons (Fsp3) is 0.412. The van der Waals surface area contributed by atoms with Crippen LogP contribution in [0.3, 0.4) is 0 Å². The molecule has 1 aliphatic carbocycles. The van der Waals surface area contributed by atoms with Gasteiger partial charge in [0.05, 0.1) is 25.5 Å². The second kappa shape index (κ2) is 5.35. The summed E-state index contributed by atoms with van der Waals surface area (Å²) in [5.74, 6) is 2.79. The molecule has 110 valence electrons. The zero-order chi connectivity index (χ0) is 14.1. The van der Waals surface area contributed by atoms with Crippen LogP contribution in [0.1, 0.15) is 36.6 Å². The lowest BCUT2D eigenvalue weighted by Gasteiger charge is -2.24. The Morgan fingerprint density at radius 2 is 1.90 bits per heavy atom. The maximum atomic E-state index is 5.75. The predicted octanol–water partition coefficient (Wildman–Crippen LogP) is 3.93. The summed E-state index contributed by atoms with van der Waals surface area (Å²) in [4.78, 5) is 0. The molecule has 1 atom stereocenters. The first-order chi connectivity index (χ1) is 10.4. The van der Waals surface area contributed by atoms with Crippen LogP contribution in [0.2, 0.25) is 0 Å². The molecule has 1 unspecified atom stereocenters. The number of nitrogens with one attached hydrogen (secondary N) is 1. The molecule has 4 rings (SSSR count). The second-order valence-electron chi connectivity index (χ2n) is 5.60. The molecule has 1 aromatic carbocycles. The van der Waals surface area contributed by atoms with E-state index in [0.717, 1.165) is 55.2 Å². The van der Waals surface area contributed by atoms with Crippen molar-refractivity contribution in [2.75, 3.05) is 18.5 Å². The van der Waals surface area contributed by atoms with Gasteiger partial charge in [0.1, 0.15) is 5.76 Å². The minimum atomic E-state index is 0.317. The number of anilines is 1. The lowest BCUT2D eigenvalue weighted by molar-refractivity contribution is 0.297. The van der Waals surface area contributed by atoms with Gasteiger partial charge in [-0.15, -0.1) is 0 Å². The first kappa shape index (κ1) is 12.6. The van der Waals surface area contributed by atoms with Crippen molar-refractivity contribution in [2.45, 2.75) is 31.7 Å². The monoisotopic (exact) mass is 285 g/mol. The average molecular weight is 285 g/mol. The Bertz CT molecular complexity index is 635. The molecule has 4 nitrogen and oxygen atoms in total. The van der Waals surface area contributed by atoms with Gasteiger partial charge in [-0.1, -0.05) is 0 Å². The van der Waals surface area contributed by atoms with Crippen molar-refractivity contribution in [3.05, 3.63) is 41.9 Å². The lowest BCUT2D eigenvalue weighted by Crippen LogP contribution is -2.15. The normalized spacial score (nSPS) is 20.5. The first-order valence-electron chi connectivity index (χ1n) is 7.62. The van der Waals surface area contributed by atoms with E-state index in [4.69, 9.17) is 13.9 Å². The SMILES string of the molecule is c1cc2c(o1)CCCC2Nc1ccc2c(c1)OCCCO2. The molecule has 1 aromatic heterocycles. The number of hydrogen-bond donors (Lipinski definition) is 1. The molecule has 2 aliphatic rings. The largest absolute Gasteiger partial charge is 0.490 e. The fourth-order valence-electron chi connectivity index (χ4n) is 3.09. The molecule has 0 radical (unpaired) electrons. The van der Waals surface area contributed by atoms with Crippen molar-refractivity contribution in [3.8, 4) is 11.5 Å². The Hall–Kier alpha value is -2.10. The van der Waals surface area contributed by atoms with E-state index >= 15 is 0 Å². The van der Waals surface area contributed by atoms with Gasteiger partial charge in [-0.05, 0) is 31.0 Å². The highest BCUT2D eigenvalue weighted by Crippen LogP contribution is 2.36. The third-order valence-electron chi connectivity index (χ3n) is 4.14. The number of aryl methyl sites for hydroxylation is 1. The smallest absolute Gasteiger partial charge is 0.163 e. The maximum absolute atomic E-state index is 5.75. The Kier molecular flexibility index (Phi) is 3.22. The van der Waals surface area contributed by atoms with Gasteiger partial charge in [0.15, 0.2) is 11.5 Å². The summed E-state index contributed by atoms with van der Waals surface area (Å²) in [7, 11) is 0. The van der Waals surface area contributed by atoms with Crippen molar-refractivity contribution in [2.24, 2.45) is 0 Å². The molecule has 1 N–H and O–H groups in total. The van der Waals surface area contributed by atoms with E-state index < -0.39 is 0 Å².